The monoisotopic (exact) mass is 233 g/mol. The van der Waals surface area contributed by atoms with E-state index in [1.165, 1.54) is 0 Å². The zero-order valence-corrected chi connectivity index (χ0v) is 10.9. The van der Waals surface area contributed by atoms with Gasteiger partial charge in [0.1, 0.15) is 5.75 Å². The van der Waals surface area contributed by atoms with E-state index in [1.807, 2.05) is 38.0 Å². The predicted molar refractivity (Wildman–Crippen MR) is 67.6 cm³/mol. The van der Waals surface area contributed by atoms with Gasteiger partial charge in [-0.3, -0.25) is 0 Å². The van der Waals surface area contributed by atoms with Crippen LogP contribution in [0.1, 0.15) is 16.7 Å². The Morgan fingerprint density at radius 2 is 1.47 bits per heavy atom. The summed E-state index contributed by atoms with van der Waals surface area (Å²) in [7, 11) is 7.74. The van der Waals surface area contributed by atoms with E-state index in [0.717, 1.165) is 11.1 Å². The molecule has 0 aromatic heterocycles. The summed E-state index contributed by atoms with van der Waals surface area (Å²) < 4.78 is 0. The van der Waals surface area contributed by atoms with Gasteiger partial charge in [0.2, 0.25) is 0 Å². The maximum Gasteiger partial charge on any atom is 0.124 e. The Bertz CT molecular complexity index is 402. The maximum atomic E-state index is 10.1. The molecular weight excluding hydrogens is 214 g/mol. The van der Waals surface area contributed by atoms with Gasteiger partial charge in [0, 0.05) is 24.2 Å². The van der Waals surface area contributed by atoms with E-state index >= 15 is 0 Å². The van der Waals surface area contributed by atoms with Crippen molar-refractivity contribution in [1.29, 1.82) is 5.26 Å². The van der Waals surface area contributed by atoms with Gasteiger partial charge in [-0.05, 0) is 40.3 Å². The molecule has 4 nitrogen and oxygen atoms in total. The number of nitrogens with zero attached hydrogens (tertiary/aromatic N) is 3. The smallest absolute Gasteiger partial charge is 0.124 e. The van der Waals surface area contributed by atoms with Crippen LogP contribution in [-0.4, -0.2) is 43.1 Å². The molecule has 0 aliphatic carbocycles. The van der Waals surface area contributed by atoms with E-state index in [4.69, 9.17) is 5.26 Å². The minimum atomic E-state index is 0.298. The first-order valence-corrected chi connectivity index (χ1v) is 5.48. The lowest BCUT2D eigenvalue weighted by atomic mass is 10.0. The van der Waals surface area contributed by atoms with Crippen molar-refractivity contribution in [2.75, 3.05) is 28.2 Å². The van der Waals surface area contributed by atoms with Crippen LogP contribution in [0.15, 0.2) is 12.1 Å². The van der Waals surface area contributed by atoms with Crippen molar-refractivity contribution in [3.05, 3.63) is 28.8 Å². The molecule has 17 heavy (non-hydrogen) atoms. The molecule has 1 aromatic carbocycles. The topological polar surface area (TPSA) is 50.5 Å². The summed E-state index contributed by atoms with van der Waals surface area (Å²) >= 11 is 0. The third-order valence-corrected chi connectivity index (χ3v) is 2.37. The summed E-state index contributed by atoms with van der Waals surface area (Å²) in [6.45, 7) is 1.25. The van der Waals surface area contributed by atoms with Crippen LogP contribution in [0, 0.1) is 11.3 Å². The average Bonchev–Trinajstić information content (AvgIpc) is 2.22. The molecule has 0 unspecified atom stereocenters. The van der Waals surface area contributed by atoms with Gasteiger partial charge in [-0.25, -0.2) is 0 Å². The highest BCUT2D eigenvalue weighted by Gasteiger charge is 2.11. The lowest BCUT2D eigenvalue weighted by Gasteiger charge is -2.16. The van der Waals surface area contributed by atoms with E-state index in [-0.39, 0.29) is 0 Å². The number of phenolic OH excluding ortho intramolecular Hbond substituents is 1. The molecule has 0 bridgehead atoms. The fraction of sp³-hybridized carbons (Fsp3) is 0.462. The number of rotatable bonds is 4. The average molecular weight is 233 g/mol. The van der Waals surface area contributed by atoms with Crippen LogP contribution in [0.2, 0.25) is 0 Å². The normalized spacial score (nSPS) is 10.9. The highest BCUT2D eigenvalue weighted by Crippen LogP contribution is 2.26. The van der Waals surface area contributed by atoms with Crippen molar-refractivity contribution in [1.82, 2.24) is 9.80 Å². The molecule has 1 N–H and O–H groups in total. The van der Waals surface area contributed by atoms with Crippen LogP contribution in [0.25, 0.3) is 0 Å². The Hall–Kier alpha value is -1.57. The van der Waals surface area contributed by atoms with E-state index in [0.29, 0.717) is 24.4 Å². The van der Waals surface area contributed by atoms with Crippen LogP contribution < -0.4 is 0 Å². The predicted octanol–water partition coefficient (Wildman–Crippen LogP) is 1.39. The second-order valence-electron chi connectivity index (χ2n) is 4.73. The lowest BCUT2D eigenvalue weighted by Crippen LogP contribution is -2.14. The fourth-order valence-electron chi connectivity index (χ4n) is 1.75. The summed E-state index contributed by atoms with van der Waals surface area (Å²) in [4.78, 5) is 3.94. The summed E-state index contributed by atoms with van der Waals surface area (Å²) in [5, 5.41) is 19.1. The first kappa shape index (κ1) is 13.5. The Labute approximate surface area is 103 Å². The van der Waals surface area contributed by atoms with Crippen LogP contribution in [0.5, 0.6) is 5.75 Å². The third-order valence-electron chi connectivity index (χ3n) is 2.37. The molecular formula is C13H19N3O. The molecule has 1 aromatic rings. The molecule has 0 fully saturated rings. The number of benzene rings is 1. The fourth-order valence-corrected chi connectivity index (χ4v) is 1.75. The van der Waals surface area contributed by atoms with Crippen molar-refractivity contribution in [3.63, 3.8) is 0 Å². The summed E-state index contributed by atoms with van der Waals surface area (Å²) in [5.41, 5.74) is 2.19. The summed E-state index contributed by atoms with van der Waals surface area (Å²) in [6.07, 6.45) is 0. The van der Waals surface area contributed by atoms with Gasteiger partial charge in [-0.15, -0.1) is 0 Å². The van der Waals surface area contributed by atoms with Crippen LogP contribution in [0.4, 0.5) is 0 Å². The highest BCUT2D eigenvalue weighted by atomic mass is 16.3. The molecule has 0 atom stereocenters. The van der Waals surface area contributed by atoms with Gasteiger partial charge < -0.3 is 14.9 Å². The largest absolute Gasteiger partial charge is 0.507 e. The number of hydrogen-bond acceptors (Lipinski definition) is 4. The lowest BCUT2D eigenvalue weighted by molar-refractivity contribution is 0.368. The summed E-state index contributed by atoms with van der Waals surface area (Å²) in [5.74, 6) is 0.298. The molecule has 92 valence electrons. The second kappa shape index (κ2) is 5.67. The van der Waals surface area contributed by atoms with Crippen LogP contribution in [-0.2, 0) is 13.1 Å². The van der Waals surface area contributed by atoms with Crippen molar-refractivity contribution < 1.29 is 5.11 Å². The minimum Gasteiger partial charge on any atom is -0.507 e. The molecule has 0 amide bonds. The maximum absolute atomic E-state index is 10.1. The van der Waals surface area contributed by atoms with Gasteiger partial charge in [0.05, 0.1) is 11.6 Å². The quantitative estimate of drug-likeness (QED) is 0.853. The molecule has 0 heterocycles. The standard InChI is InChI=1S/C13H19N3O/c1-15(2)8-11-5-10(7-14)6-12(13(11)17)9-16(3)4/h5-6,17H,8-9H2,1-4H3. The van der Waals surface area contributed by atoms with Crippen LogP contribution in [0.3, 0.4) is 0 Å². The van der Waals surface area contributed by atoms with E-state index in [9.17, 15) is 5.11 Å². The molecule has 4 heteroatoms. The third kappa shape index (κ3) is 3.74. The van der Waals surface area contributed by atoms with Crippen LogP contribution >= 0.6 is 0 Å². The first-order valence-electron chi connectivity index (χ1n) is 5.48. The zero-order chi connectivity index (χ0) is 13.0. The van der Waals surface area contributed by atoms with E-state index in [1.54, 1.807) is 12.1 Å². The first-order chi connectivity index (χ1) is 7.93. The van der Waals surface area contributed by atoms with Gasteiger partial charge in [-0.2, -0.15) is 5.26 Å². The molecule has 0 saturated carbocycles. The molecule has 0 saturated heterocycles. The Kier molecular flexibility index (Phi) is 4.50. The second-order valence-corrected chi connectivity index (χ2v) is 4.73. The van der Waals surface area contributed by atoms with Crippen molar-refractivity contribution in [2.24, 2.45) is 0 Å². The molecule has 1 rings (SSSR count). The number of aromatic hydroxyl groups is 1. The Morgan fingerprint density at radius 1 is 1.06 bits per heavy atom. The zero-order valence-electron chi connectivity index (χ0n) is 10.9. The SMILES string of the molecule is CN(C)Cc1cc(C#N)cc(CN(C)C)c1O. The molecule has 0 radical (unpaired) electrons. The number of phenols is 1. The van der Waals surface area contributed by atoms with E-state index in [2.05, 4.69) is 6.07 Å². The molecule has 0 aliphatic rings. The molecule has 0 spiro atoms. The summed E-state index contributed by atoms with van der Waals surface area (Å²) in [6, 6.07) is 5.62. The minimum absolute atomic E-state index is 0.298. The Morgan fingerprint density at radius 3 is 1.76 bits per heavy atom. The van der Waals surface area contributed by atoms with Gasteiger partial charge in [-0.1, -0.05) is 0 Å². The number of nitriles is 1. The van der Waals surface area contributed by atoms with Crippen molar-refractivity contribution in [3.8, 4) is 11.8 Å². The van der Waals surface area contributed by atoms with Crippen molar-refractivity contribution in [2.45, 2.75) is 13.1 Å². The highest BCUT2D eigenvalue weighted by molar-refractivity contribution is 5.47. The molecule has 0 aliphatic heterocycles. The van der Waals surface area contributed by atoms with Crippen molar-refractivity contribution >= 4 is 0 Å². The number of hydrogen-bond donors (Lipinski definition) is 1. The van der Waals surface area contributed by atoms with E-state index < -0.39 is 0 Å². The Balaban J connectivity index is 3.17. The van der Waals surface area contributed by atoms with Gasteiger partial charge in [0.15, 0.2) is 0 Å². The van der Waals surface area contributed by atoms with Gasteiger partial charge >= 0.3 is 0 Å². The van der Waals surface area contributed by atoms with Gasteiger partial charge in [0.25, 0.3) is 0 Å².